The predicted octanol–water partition coefficient (Wildman–Crippen LogP) is 2.89. The Labute approximate surface area is 84.6 Å². The normalized spacial score (nSPS) is 20.2. The number of nitrogens with zero attached hydrogens (tertiary/aromatic N) is 1. The topological polar surface area (TPSA) is 3.24 Å². The minimum absolute atomic E-state index is 0.989. The molecule has 1 aliphatic carbocycles. The predicted molar refractivity (Wildman–Crippen MR) is 57.9 cm³/mol. The fourth-order valence-electron chi connectivity index (χ4n) is 2.05. The van der Waals surface area contributed by atoms with E-state index in [2.05, 4.69) is 27.9 Å². The van der Waals surface area contributed by atoms with E-state index in [0.717, 1.165) is 11.2 Å². The van der Waals surface area contributed by atoms with Gasteiger partial charge in [-0.05, 0) is 25.8 Å². The molecular weight excluding hydrogens is 214 g/mol. The molecule has 0 N–H and O–H groups in total. The molecule has 1 saturated carbocycles. The van der Waals surface area contributed by atoms with Gasteiger partial charge in [-0.1, -0.05) is 35.2 Å². The van der Waals surface area contributed by atoms with Crippen LogP contribution in [0.4, 0.5) is 0 Å². The molecule has 72 valence electrons. The molecular formula is C10H20BrN. The molecule has 0 amide bonds. The van der Waals surface area contributed by atoms with Crippen LogP contribution in [0.25, 0.3) is 0 Å². The lowest BCUT2D eigenvalue weighted by atomic mass is 9.89. The van der Waals surface area contributed by atoms with Crippen molar-refractivity contribution < 1.29 is 0 Å². The van der Waals surface area contributed by atoms with Crippen molar-refractivity contribution in [3.05, 3.63) is 0 Å². The molecule has 0 aromatic rings. The SMILES string of the molecule is CN(CCBr)CC1CCCCC1. The van der Waals surface area contributed by atoms with Crippen LogP contribution in [-0.4, -0.2) is 30.4 Å². The molecule has 2 heteroatoms. The maximum Gasteiger partial charge on any atom is 0.0159 e. The fourth-order valence-corrected chi connectivity index (χ4v) is 2.65. The number of hydrogen-bond donors (Lipinski definition) is 0. The van der Waals surface area contributed by atoms with Crippen molar-refractivity contribution in [2.45, 2.75) is 32.1 Å². The van der Waals surface area contributed by atoms with Crippen LogP contribution in [0, 0.1) is 5.92 Å². The second-order valence-corrected chi connectivity index (χ2v) is 4.75. The monoisotopic (exact) mass is 233 g/mol. The van der Waals surface area contributed by atoms with Gasteiger partial charge in [-0.3, -0.25) is 0 Å². The summed E-state index contributed by atoms with van der Waals surface area (Å²) in [6.07, 6.45) is 7.33. The van der Waals surface area contributed by atoms with E-state index in [4.69, 9.17) is 0 Å². The van der Waals surface area contributed by atoms with Crippen molar-refractivity contribution in [1.29, 1.82) is 0 Å². The molecule has 0 radical (unpaired) electrons. The third-order valence-electron chi connectivity index (χ3n) is 2.76. The standard InChI is InChI=1S/C10H20BrN/c1-12(8-7-11)9-10-5-3-2-4-6-10/h10H,2-9H2,1H3. The van der Waals surface area contributed by atoms with Gasteiger partial charge < -0.3 is 4.90 Å². The Morgan fingerprint density at radius 2 is 1.92 bits per heavy atom. The fraction of sp³-hybridized carbons (Fsp3) is 1.00. The van der Waals surface area contributed by atoms with E-state index in [0.29, 0.717) is 0 Å². The van der Waals surface area contributed by atoms with Crippen LogP contribution >= 0.6 is 15.9 Å². The highest BCUT2D eigenvalue weighted by atomic mass is 79.9. The molecule has 0 heterocycles. The minimum atomic E-state index is 0.989. The van der Waals surface area contributed by atoms with Gasteiger partial charge in [-0.2, -0.15) is 0 Å². The van der Waals surface area contributed by atoms with Crippen LogP contribution in [0.3, 0.4) is 0 Å². The summed E-state index contributed by atoms with van der Waals surface area (Å²) in [5.74, 6) is 0.989. The summed E-state index contributed by atoms with van der Waals surface area (Å²) < 4.78 is 0. The molecule has 1 nitrogen and oxygen atoms in total. The van der Waals surface area contributed by atoms with Crippen molar-refractivity contribution in [2.24, 2.45) is 5.92 Å². The zero-order valence-corrected chi connectivity index (χ0v) is 9.65. The van der Waals surface area contributed by atoms with Crippen LogP contribution in [0.2, 0.25) is 0 Å². The lowest BCUT2D eigenvalue weighted by Crippen LogP contribution is -2.28. The molecule has 0 saturated heterocycles. The van der Waals surface area contributed by atoms with Crippen LogP contribution in [0.15, 0.2) is 0 Å². The average molecular weight is 234 g/mol. The molecule has 0 aromatic carbocycles. The molecule has 0 bridgehead atoms. The lowest BCUT2D eigenvalue weighted by molar-refractivity contribution is 0.243. The average Bonchev–Trinajstić information content (AvgIpc) is 2.06. The maximum atomic E-state index is 3.47. The van der Waals surface area contributed by atoms with E-state index in [1.54, 1.807) is 0 Å². The highest BCUT2D eigenvalue weighted by Gasteiger charge is 2.14. The number of hydrogen-bond acceptors (Lipinski definition) is 1. The van der Waals surface area contributed by atoms with Gasteiger partial charge in [0.05, 0.1) is 0 Å². The second kappa shape index (κ2) is 5.98. The third-order valence-corrected chi connectivity index (χ3v) is 3.12. The Hall–Kier alpha value is 0.440. The lowest BCUT2D eigenvalue weighted by Gasteiger charge is -2.26. The van der Waals surface area contributed by atoms with Gasteiger partial charge in [0.25, 0.3) is 0 Å². The van der Waals surface area contributed by atoms with Crippen molar-refractivity contribution >= 4 is 15.9 Å². The first-order chi connectivity index (χ1) is 5.83. The van der Waals surface area contributed by atoms with Crippen LogP contribution in [0.1, 0.15) is 32.1 Å². The minimum Gasteiger partial charge on any atom is -0.305 e. The summed E-state index contributed by atoms with van der Waals surface area (Å²) in [5.41, 5.74) is 0. The molecule has 0 unspecified atom stereocenters. The number of halogens is 1. The maximum absolute atomic E-state index is 3.47. The van der Waals surface area contributed by atoms with E-state index in [9.17, 15) is 0 Å². The van der Waals surface area contributed by atoms with E-state index in [-0.39, 0.29) is 0 Å². The van der Waals surface area contributed by atoms with Crippen LogP contribution in [0.5, 0.6) is 0 Å². The van der Waals surface area contributed by atoms with Crippen molar-refractivity contribution in [2.75, 3.05) is 25.5 Å². The summed E-state index contributed by atoms with van der Waals surface area (Å²) in [7, 11) is 2.23. The van der Waals surface area contributed by atoms with Crippen molar-refractivity contribution in [1.82, 2.24) is 4.90 Å². The largest absolute Gasteiger partial charge is 0.305 e. The number of rotatable bonds is 4. The van der Waals surface area contributed by atoms with Gasteiger partial charge in [0.15, 0.2) is 0 Å². The Morgan fingerprint density at radius 1 is 1.25 bits per heavy atom. The summed E-state index contributed by atoms with van der Waals surface area (Å²) >= 11 is 3.47. The van der Waals surface area contributed by atoms with Gasteiger partial charge in [0, 0.05) is 18.4 Å². The Balaban J connectivity index is 2.11. The first kappa shape index (κ1) is 10.5. The Morgan fingerprint density at radius 3 is 2.50 bits per heavy atom. The summed E-state index contributed by atoms with van der Waals surface area (Å²) in [5, 5.41) is 1.11. The van der Waals surface area contributed by atoms with Gasteiger partial charge in [-0.15, -0.1) is 0 Å². The third kappa shape index (κ3) is 3.90. The molecule has 0 aliphatic heterocycles. The van der Waals surface area contributed by atoms with E-state index < -0.39 is 0 Å². The van der Waals surface area contributed by atoms with Gasteiger partial charge in [-0.25, -0.2) is 0 Å². The zero-order valence-electron chi connectivity index (χ0n) is 8.06. The molecule has 1 aliphatic rings. The first-order valence-electron chi connectivity index (χ1n) is 5.07. The van der Waals surface area contributed by atoms with Crippen LogP contribution < -0.4 is 0 Å². The smallest absolute Gasteiger partial charge is 0.0159 e. The molecule has 0 atom stereocenters. The van der Waals surface area contributed by atoms with Crippen molar-refractivity contribution in [3.63, 3.8) is 0 Å². The van der Waals surface area contributed by atoms with E-state index >= 15 is 0 Å². The number of alkyl halides is 1. The molecule has 0 aromatic heterocycles. The highest BCUT2D eigenvalue weighted by molar-refractivity contribution is 9.09. The quantitative estimate of drug-likeness (QED) is 0.676. The Bertz CT molecular complexity index is 110. The van der Waals surface area contributed by atoms with Gasteiger partial charge in [0.2, 0.25) is 0 Å². The van der Waals surface area contributed by atoms with E-state index in [1.807, 2.05) is 0 Å². The summed E-state index contributed by atoms with van der Waals surface area (Å²) in [6.45, 7) is 2.50. The first-order valence-corrected chi connectivity index (χ1v) is 6.19. The summed E-state index contributed by atoms with van der Waals surface area (Å²) in [6, 6.07) is 0. The van der Waals surface area contributed by atoms with Gasteiger partial charge >= 0.3 is 0 Å². The molecule has 12 heavy (non-hydrogen) atoms. The molecule has 1 fully saturated rings. The van der Waals surface area contributed by atoms with Crippen molar-refractivity contribution in [3.8, 4) is 0 Å². The molecule has 1 rings (SSSR count). The summed E-state index contributed by atoms with van der Waals surface area (Å²) in [4.78, 5) is 2.45. The van der Waals surface area contributed by atoms with Crippen LogP contribution in [-0.2, 0) is 0 Å². The zero-order chi connectivity index (χ0) is 8.81. The Kier molecular flexibility index (Phi) is 5.24. The van der Waals surface area contributed by atoms with Gasteiger partial charge in [0.1, 0.15) is 0 Å². The second-order valence-electron chi connectivity index (χ2n) is 3.96. The highest BCUT2D eigenvalue weighted by Crippen LogP contribution is 2.23. The van der Waals surface area contributed by atoms with E-state index in [1.165, 1.54) is 45.2 Å². The molecule has 0 spiro atoms.